The van der Waals surface area contributed by atoms with Gasteiger partial charge in [0, 0.05) is 32.5 Å². The average molecular weight is 238 g/mol. The summed E-state index contributed by atoms with van der Waals surface area (Å²) in [5, 5.41) is 0. The van der Waals surface area contributed by atoms with Crippen LogP contribution in [0.3, 0.4) is 0 Å². The van der Waals surface area contributed by atoms with Gasteiger partial charge < -0.3 is 14.0 Å². The van der Waals surface area contributed by atoms with E-state index < -0.39 is 7.37 Å². The lowest BCUT2D eigenvalue weighted by Crippen LogP contribution is -2.19. The smallest absolute Gasteiger partial charge is 0.200 e. The summed E-state index contributed by atoms with van der Waals surface area (Å²) in [5.41, 5.74) is 0. The van der Waals surface area contributed by atoms with Gasteiger partial charge in [0.15, 0.2) is 13.7 Å². The van der Waals surface area contributed by atoms with E-state index in [1.807, 2.05) is 20.8 Å². The Kier molecular flexibility index (Phi) is 8.34. The minimum absolute atomic E-state index is 0.256. The second-order valence-corrected chi connectivity index (χ2v) is 6.02. The molecule has 0 aliphatic rings. The van der Waals surface area contributed by atoms with E-state index in [0.717, 1.165) is 0 Å². The molecule has 0 amide bonds. The zero-order chi connectivity index (χ0) is 11.7. The van der Waals surface area contributed by atoms with E-state index in [2.05, 4.69) is 0 Å². The third-order valence-electron chi connectivity index (χ3n) is 1.88. The summed E-state index contributed by atoms with van der Waals surface area (Å²) < 4.78 is 27.7. The lowest BCUT2D eigenvalue weighted by molar-refractivity contribution is -0.136. The third-order valence-corrected chi connectivity index (χ3v) is 3.75. The van der Waals surface area contributed by atoms with Crippen LogP contribution in [-0.2, 0) is 18.6 Å². The molecule has 0 aliphatic carbocycles. The van der Waals surface area contributed by atoms with Crippen molar-refractivity contribution >= 4 is 7.37 Å². The molecule has 0 bridgehead atoms. The minimum atomic E-state index is -2.45. The van der Waals surface area contributed by atoms with E-state index in [0.29, 0.717) is 32.4 Å². The van der Waals surface area contributed by atoms with Crippen molar-refractivity contribution in [1.29, 1.82) is 0 Å². The first-order chi connectivity index (χ1) is 7.05. The van der Waals surface area contributed by atoms with Crippen molar-refractivity contribution in [2.24, 2.45) is 0 Å². The van der Waals surface area contributed by atoms with E-state index in [9.17, 15) is 4.57 Å². The molecule has 1 unspecified atom stereocenters. The molecule has 0 spiro atoms. The Labute approximate surface area is 92.7 Å². The molecule has 0 radical (unpaired) electrons. The van der Waals surface area contributed by atoms with E-state index in [-0.39, 0.29) is 6.29 Å². The van der Waals surface area contributed by atoms with E-state index in [1.54, 1.807) is 6.66 Å². The van der Waals surface area contributed by atoms with Crippen LogP contribution in [0.15, 0.2) is 0 Å². The fraction of sp³-hybridized carbons (Fsp3) is 1.00. The van der Waals surface area contributed by atoms with Crippen molar-refractivity contribution in [1.82, 2.24) is 0 Å². The molecule has 0 saturated carbocycles. The first-order valence-electron chi connectivity index (χ1n) is 5.50. The van der Waals surface area contributed by atoms with Gasteiger partial charge in [-0.2, -0.15) is 0 Å². The fourth-order valence-corrected chi connectivity index (χ4v) is 2.62. The highest BCUT2D eigenvalue weighted by atomic mass is 31.2. The van der Waals surface area contributed by atoms with Gasteiger partial charge in [-0.15, -0.1) is 0 Å². The van der Waals surface area contributed by atoms with Gasteiger partial charge in [-0.3, -0.25) is 4.57 Å². The van der Waals surface area contributed by atoms with Crippen molar-refractivity contribution in [3.63, 3.8) is 0 Å². The summed E-state index contributed by atoms with van der Waals surface area (Å²) >= 11 is 0. The van der Waals surface area contributed by atoms with Crippen LogP contribution >= 0.6 is 7.37 Å². The molecule has 1 atom stereocenters. The molecule has 0 fully saturated rings. The molecular formula is C10H23O4P. The van der Waals surface area contributed by atoms with E-state index >= 15 is 0 Å². The van der Waals surface area contributed by atoms with Crippen molar-refractivity contribution in [2.45, 2.75) is 33.5 Å². The minimum Gasteiger partial charge on any atom is -0.353 e. The number of hydrogen-bond donors (Lipinski definition) is 0. The van der Waals surface area contributed by atoms with Gasteiger partial charge in [-0.25, -0.2) is 0 Å². The first kappa shape index (κ1) is 15.1. The molecule has 0 aliphatic heterocycles. The quantitative estimate of drug-likeness (QED) is 0.457. The van der Waals surface area contributed by atoms with Crippen LogP contribution in [-0.4, -0.2) is 38.9 Å². The van der Waals surface area contributed by atoms with Gasteiger partial charge in [0.25, 0.3) is 0 Å². The standard InChI is InChI=1S/C10H23O4P/c1-5-12-10(13-6-2)8-9-15(4,11)14-7-3/h10H,5-9H2,1-4H3. The summed E-state index contributed by atoms with van der Waals surface area (Å²) in [6.45, 7) is 9.03. The van der Waals surface area contributed by atoms with Crippen LogP contribution in [0.1, 0.15) is 27.2 Å². The van der Waals surface area contributed by atoms with Crippen molar-refractivity contribution in [3.8, 4) is 0 Å². The number of rotatable bonds is 9. The average Bonchev–Trinajstić information content (AvgIpc) is 2.15. The van der Waals surface area contributed by atoms with Gasteiger partial charge in [0.2, 0.25) is 0 Å². The molecule has 0 heterocycles. The molecular weight excluding hydrogens is 215 g/mol. The van der Waals surface area contributed by atoms with Crippen LogP contribution in [0.4, 0.5) is 0 Å². The SMILES string of the molecule is CCOC(CCP(C)(=O)OCC)OCC. The zero-order valence-electron chi connectivity index (χ0n) is 10.2. The Balaban J connectivity index is 3.91. The van der Waals surface area contributed by atoms with Crippen LogP contribution in [0.25, 0.3) is 0 Å². The Bertz CT molecular complexity index is 190. The maximum Gasteiger partial charge on any atom is 0.200 e. The molecule has 5 heteroatoms. The lowest BCUT2D eigenvalue weighted by Gasteiger charge is -2.19. The zero-order valence-corrected chi connectivity index (χ0v) is 11.1. The highest BCUT2D eigenvalue weighted by molar-refractivity contribution is 7.58. The predicted octanol–water partition coefficient (Wildman–Crippen LogP) is 2.72. The van der Waals surface area contributed by atoms with Crippen molar-refractivity contribution in [2.75, 3.05) is 32.6 Å². The molecule has 15 heavy (non-hydrogen) atoms. The van der Waals surface area contributed by atoms with Gasteiger partial charge in [-0.1, -0.05) is 0 Å². The summed E-state index contributed by atoms with van der Waals surface area (Å²) in [7, 11) is -2.45. The Morgan fingerprint density at radius 2 is 1.60 bits per heavy atom. The third kappa shape index (κ3) is 7.97. The van der Waals surface area contributed by atoms with Gasteiger partial charge >= 0.3 is 0 Å². The molecule has 0 aromatic carbocycles. The predicted molar refractivity (Wildman–Crippen MR) is 61.7 cm³/mol. The van der Waals surface area contributed by atoms with Crippen LogP contribution in [0.2, 0.25) is 0 Å². The Morgan fingerprint density at radius 3 is 2.00 bits per heavy atom. The Morgan fingerprint density at radius 1 is 1.07 bits per heavy atom. The lowest BCUT2D eigenvalue weighted by atomic mass is 10.5. The van der Waals surface area contributed by atoms with E-state index in [1.165, 1.54) is 0 Å². The maximum atomic E-state index is 11.8. The number of ether oxygens (including phenoxy) is 2. The monoisotopic (exact) mass is 238 g/mol. The molecule has 0 rings (SSSR count). The summed E-state index contributed by atoms with van der Waals surface area (Å²) in [5.74, 6) is 0. The van der Waals surface area contributed by atoms with E-state index in [4.69, 9.17) is 14.0 Å². The molecule has 92 valence electrons. The van der Waals surface area contributed by atoms with Gasteiger partial charge in [-0.05, 0) is 20.8 Å². The van der Waals surface area contributed by atoms with Gasteiger partial charge in [0.05, 0.1) is 6.61 Å². The van der Waals surface area contributed by atoms with Crippen LogP contribution < -0.4 is 0 Å². The van der Waals surface area contributed by atoms with Crippen molar-refractivity contribution < 1.29 is 18.6 Å². The highest BCUT2D eigenvalue weighted by Crippen LogP contribution is 2.43. The highest BCUT2D eigenvalue weighted by Gasteiger charge is 2.18. The summed E-state index contributed by atoms with van der Waals surface area (Å²) in [6, 6.07) is 0. The molecule has 0 aromatic heterocycles. The van der Waals surface area contributed by atoms with Crippen LogP contribution in [0, 0.1) is 0 Å². The first-order valence-corrected chi connectivity index (χ1v) is 7.75. The molecule has 0 aromatic rings. The second-order valence-electron chi connectivity index (χ2n) is 3.28. The number of hydrogen-bond acceptors (Lipinski definition) is 4. The van der Waals surface area contributed by atoms with Gasteiger partial charge in [0.1, 0.15) is 0 Å². The largest absolute Gasteiger partial charge is 0.353 e. The van der Waals surface area contributed by atoms with Crippen molar-refractivity contribution in [3.05, 3.63) is 0 Å². The Hall–Kier alpha value is 0.110. The fourth-order valence-electron chi connectivity index (χ4n) is 1.26. The maximum absolute atomic E-state index is 11.8. The topological polar surface area (TPSA) is 44.8 Å². The molecule has 4 nitrogen and oxygen atoms in total. The molecule has 0 N–H and O–H groups in total. The molecule has 0 saturated heterocycles. The summed E-state index contributed by atoms with van der Waals surface area (Å²) in [6.07, 6.45) is 0.870. The van der Waals surface area contributed by atoms with Crippen LogP contribution in [0.5, 0.6) is 0 Å². The second kappa shape index (κ2) is 8.28. The summed E-state index contributed by atoms with van der Waals surface area (Å²) in [4.78, 5) is 0. The normalized spacial score (nSPS) is 15.5.